The quantitative estimate of drug-likeness (QED) is 0.583. The fraction of sp³-hybridized carbons (Fsp3) is 0.923. The first kappa shape index (κ1) is 13.8. The molecular weight excluding hydrogens is 222 g/mol. The van der Waals surface area contributed by atoms with Gasteiger partial charge in [-0.2, -0.15) is 0 Å². The highest BCUT2D eigenvalue weighted by Gasteiger charge is 2.27. The minimum atomic E-state index is 0.204. The number of alkyl halides is 1. The minimum Gasteiger partial charge on any atom is -0.353 e. The van der Waals surface area contributed by atoms with Crippen LogP contribution >= 0.6 is 11.6 Å². The smallest absolute Gasteiger partial charge is 0.220 e. The highest BCUT2D eigenvalue weighted by atomic mass is 35.5. The van der Waals surface area contributed by atoms with Crippen molar-refractivity contribution >= 4 is 17.5 Å². The fourth-order valence-corrected chi connectivity index (χ4v) is 2.41. The van der Waals surface area contributed by atoms with Gasteiger partial charge < -0.3 is 5.32 Å². The molecule has 0 aliphatic heterocycles. The predicted molar refractivity (Wildman–Crippen MR) is 68.8 cm³/mol. The summed E-state index contributed by atoms with van der Waals surface area (Å²) in [6.07, 6.45) is 7.19. The van der Waals surface area contributed by atoms with Gasteiger partial charge in [-0.25, -0.2) is 0 Å². The van der Waals surface area contributed by atoms with Crippen molar-refractivity contribution in [3.05, 3.63) is 0 Å². The average molecular weight is 246 g/mol. The maximum Gasteiger partial charge on any atom is 0.220 e. The molecular formula is C13H24ClNO. The zero-order chi connectivity index (χ0) is 12.0. The average Bonchev–Trinajstić information content (AvgIpc) is 2.22. The van der Waals surface area contributed by atoms with Gasteiger partial charge in [0.1, 0.15) is 0 Å². The zero-order valence-corrected chi connectivity index (χ0v) is 11.3. The van der Waals surface area contributed by atoms with Crippen molar-refractivity contribution in [3.8, 4) is 0 Å². The van der Waals surface area contributed by atoms with Crippen LogP contribution in [0.15, 0.2) is 0 Å². The summed E-state index contributed by atoms with van der Waals surface area (Å²) in [5.74, 6) is 0.861. The maximum atomic E-state index is 11.6. The molecule has 0 radical (unpaired) electrons. The summed E-state index contributed by atoms with van der Waals surface area (Å²) in [6.45, 7) is 4.62. The van der Waals surface area contributed by atoms with Gasteiger partial charge in [0.15, 0.2) is 0 Å². The molecule has 1 amide bonds. The molecule has 16 heavy (non-hydrogen) atoms. The second-order valence-corrected chi connectivity index (χ2v) is 6.03. The van der Waals surface area contributed by atoms with Crippen molar-refractivity contribution in [1.29, 1.82) is 0 Å². The molecule has 2 nitrogen and oxygen atoms in total. The standard InChI is InChI=1S/C13H24ClNO/c1-13(2)8-6-11(7-9-13)15-12(16)5-3-4-10-14/h11H,3-10H2,1-2H3,(H,15,16). The Bertz CT molecular complexity index is 218. The lowest BCUT2D eigenvalue weighted by Crippen LogP contribution is -2.39. The lowest BCUT2D eigenvalue weighted by molar-refractivity contribution is -0.122. The van der Waals surface area contributed by atoms with E-state index in [4.69, 9.17) is 11.6 Å². The van der Waals surface area contributed by atoms with E-state index < -0.39 is 0 Å². The van der Waals surface area contributed by atoms with Crippen LogP contribution in [0.3, 0.4) is 0 Å². The second-order valence-electron chi connectivity index (χ2n) is 5.65. The third kappa shape index (κ3) is 5.20. The van der Waals surface area contributed by atoms with Crippen LogP contribution in [0, 0.1) is 5.41 Å². The van der Waals surface area contributed by atoms with Gasteiger partial charge in [-0.05, 0) is 43.9 Å². The van der Waals surface area contributed by atoms with Crippen LogP contribution in [0.25, 0.3) is 0 Å². The summed E-state index contributed by atoms with van der Waals surface area (Å²) in [5, 5.41) is 3.13. The van der Waals surface area contributed by atoms with E-state index in [0.717, 1.165) is 25.7 Å². The third-order valence-electron chi connectivity index (χ3n) is 3.49. The molecule has 0 heterocycles. The molecule has 0 atom stereocenters. The number of amides is 1. The summed E-state index contributed by atoms with van der Waals surface area (Å²) in [5.41, 5.74) is 0.472. The molecule has 3 heteroatoms. The Kier molecular flexibility index (Phi) is 5.60. The monoisotopic (exact) mass is 245 g/mol. The lowest BCUT2D eigenvalue weighted by Gasteiger charge is -2.34. The summed E-state index contributed by atoms with van der Waals surface area (Å²) in [6, 6.07) is 0.413. The van der Waals surface area contributed by atoms with Crippen LogP contribution in [0.1, 0.15) is 58.8 Å². The normalized spacial score (nSPS) is 20.7. The van der Waals surface area contributed by atoms with Crippen LogP contribution in [0.2, 0.25) is 0 Å². The molecule has 0 unspecified atom stereocenters. The Morgan fingerprint density at radius 1 is 1.31 bits per heavy atom. The number of carbonyl (C=O) groups is 1. The second kappa shape index (κ2) is 6.48. The Morgan fingerprint density at radius 3 is 2.50 bits per heavy atom. The van der Waals surface area contributed by atoms with Crippen LogP contribution in [-0.4, -0.2) is 17.8 Å². The molecule has 0 aromatic rings. The van der Waals surface area contributed by atoms with Crippen molar-refractivity contribution in [2.45, 2.75) is 64.8 Å². The van der Waals surface area contributed by atoms with Crippen molar-refractivity contribution in [3.63, 3.8) is 0 Å². The molecule has 0 aromatic carbocycles. The van der Waals surface area contributed by atoms with Gasteiger partial charge in [0.2, 0.25) is 5.91 Å². The number of hydrogen-bond donors (Lipinski definition) is 1. The number of rotatable bonds is 5. The van der Waals surface area contributed by atoms with E-state index in [-0.39, 0.29) is 5.91 Å². The van der Waals surface area contributed by atoms with Crippen molar-refractivity contribution < 1.29 is 4.79 Å². The van der Waals surface area contributed by atoms with Gasteiger partial charge in [-0.1, -0.05) is 13.8 Å². The van der Waals surface area contributed by atoms with Crippen LogP contribution in [0.4, 0.5) is 0 Å². The maximum absolute atomic E-state index is 11.6. The molecule has 0 bridgehead atoms. The van der Waals surface area contributed by atoms with Gasteiger partial charge in [0, 0.05) is 18.3 Å². The van der Waals surface area contributed by atoms with E-state index in [1.165, 1.54) is 12.8 Å². The predicted octanol–water partition coefficient (Wildman–Crippen LogP) is 3.48. The van der Waals surface area contributed by atoms with E-state index in [9.17, 15) is 4.79 Å². The minimum absolute atomic E-state index is 0.204. The van der Waals surface area contributed by atoms with Crippen LogP contribution in [0.5, 0.6) is 0 Å². The molecule has 0 saturated heterocycles. The first-order chi connectivity index (χ1) is 7.53. The first-order valence-electron chi connectivity index (χ1n) is 6.39. The Hall–Kier alpha value is -0.240. The molecule has 1 fully saturated rings. The Balaban J connectivity index is 2.16. The van der Waals surface area contributed by atoms with Crippen molar-refractivity contribution in [1.82, 2.24) is 5.32 Å². The summed E-state index contributed by atoms with van der Waals surface area (Å²) in [7, 11) is 0. The first-order valence-corrected chi connectivity index (χ1v) is 6.92. The molecule has 1 aliphatic rings. The number of unbranched alkanes of at least 4 members (excludes halogenated alkanes) is 1. The number of carbonyl (C=O) groups excluding carboxylic acids is 1. The van der Waals surface area contributed by atoms with E-state index in [0.29, 0.717) is 23.8 Å². The summed E-state index contributed by atoms with van der Waals surface area (Å²) in [4.78, 5) is 11.6. The van der Waals surface area contributed by atoms with Gasteiger partial charge in [0.25, 0.3) is 0 Å². The van der Waals surface area contributed by atoms with Crippen LogP contribution in [-0.2, 0) is 4.79 Å². The summed E-state index contributed by atoms with van der Waals surface area (Å²) >= 11 is 5.58. The van der Waals surface area contributed by atoms with E-state index >= 15 is 0 Å². The van der Waals surface area contributed by atoms with E-state index in [2.05, 4.69) is 19.2 Å². The van der Waals surface area contributed by atoms with Gasteiger partial charge in [-0.3, -0.25) is 4.79 Å². The molecule has 1 rings (SSSR count). The third-order valence-corrected chi connectivity index (χ3v) is 3.76. The molecule has 1 N–H and O–H groups in total. The molecule has 0 spiro atoms. The van der Waals surface area contributed by atoms with Crippen molar-refractivity contribution in [2.24, 2.45) is 5.41 Å². The van der Waals surface area contributed by atoms with E-state index in [1.54, 1.807) is 0 Å². The summed E-state index contributed by atoms with van der Waals surface area (Å²) < 4.78 is 0. The van der Waals surface area contributed by atoms with Gasteiger partial charge in [0.05, 0.1) is 0 Å². The fourth-order valence-electron chi connectivity index (χ4n) is 2.22. The number of halogens is 1. The highest BCUT2D eigenvalue weighted by Crippen LogP contribution is 2.34. The van der Waals surface area contributed by atoms with Gasteiger partial charge >= 0.3 is 0 Å². The molecule has 1 aliphatic carbocycles. The SMILES string of the molecule is CC1(C)CCC(NC(=O)CCCCCl)CC1. The highest BCUT2D eigenvalue weighted by molar-refractivity contribution is 6.17. The number of nitrogens with one attached hydrogen (secondary N) is 1. The van der Waals surface area contributed by atoms with Gasteiger partial charge in [-0.15, -0.1) is 11.6 Å². The topological polar surface area (TPSA) is 29.1 Å². The van der Waals surface area contributed by atoms with Crippen molar-refractivity contribution in [2.75, 3.05) is 5.88 Å². The Morgan fingerprint density at radius 2 is 1.94 bits per heavy atom. The van der Waals surface area contributed by atoms with E-state index in [1.807, 2.05) is 0 Å². The lowest BCUT2D eigenvalue weighted by atomic mass is 9.75. The Labute approximate surface area is 104 Å². The van der Waals surface area contributed by atoms with Crippen LogP contribution < -0.4 is 5.32 Å². The molecule has 0 aromatic heterocycles. The number of hydrogen-bond acceptors (Lipinski definition) is 1. The molecule has 94 valence electrons. The largest absolute Gasteiger partial charge is 0.353 e. The zero-order valence-electron chi connectivity index (χ0n) is 10.5. The molecule has 1 saturated carbocycles.